The highest BCUT2D eigenvalue weighted by atomic mass is 14.5. The topological polar surface area (TPSA) is 23.8 Å². The molecule has 0 atom stereocenters. The molecule has 1 aromatic rings. The molecule has 0 radical (unpaired) electrons. The van der Waals surface area contributed by atoms with Crippen LogP contribution in [0.4, 0.5) is 0 Å². The Labute approximate surface area is 212 Å². The second-order valence-corrected chi connectivity index (χ2v) is 11.9. The van der Waals surface area contributed by atoms with Gasteiger partial charge in [0, 0.05) is 0 Å². The highest BCUT2D eigenvalue weighted by molar-refractivity contribution is 5.35. The molecule has 2 aliphatic carbocycles. The van der Waals surface area contributed by atoms with E-state index < -0.39 is 0 Å². The van der Waals surface area contributed by atoms with Crippen LogP contribution in [0.1, 0.15) is 147 Å². The maximum Gasteiger partial charge on any atom is 0.0822 e. The molecule has 0 N–H and O–H groups in total. The summed E-state index contributed by atoms with van der Waals surface area (Å²) in [7, 11) is 0. The largest absolute Gasteiger partial charge is 0.197 e. The molecule has 0 amide bonds. The maximum absolute atomic E-state index is 10.2. The van der Waals surface area contributed by atoms with E-state index in [2.05, 4.69) is 44.2 Å². The summed E-state index contributed by atoms with van der Waals surface area (Å²) in [5.74, 6) is 2.81. The van der Waals surface area contributed by atoms with E-state index in [1.807, 2.05) is 0 Å². The van der Waals surface area contributed by atoms with Crippen LogP contribution >= 0.6 is 0 Å². The first-order valence-electron chi connectivity index (χ1n) is 15.2. The van der Waals surface area contributed by atoms with Crippen molar-refractivity contribution in [2.45, 2.75) is 148 Å². The molecular weight excluding hydrogens is 410 g/mol. The number of rotatable bonds is 14. The van der Waals surface area contributed by atoms with Crippen LogP contribution in [0, 0.1) is 29.1 Å². The Bertz CT molecular complexity index is 695. The lowest BCUT2D eigenvalue weighted by Gasteiger charge is -2.41. The van der Waals surface area contributed by atoms with Gasteiger partial charge in [-0.05, 0) is 80.2 Å². The molecule has 1 heteroatoms. The fourth-order valence-corrected chi connectivity index (χ4v) is 6.98. The number of aryl methyl sites for hydroxylation is 1. The SMILES string of the molecule is CCCCCCCc1ccc(C2(C#N)CCC(C3CCC(CCCCCCC)CC3)CC2)cc1. The van der Waals surface area contributed by atoms with E-state index in [0.29, 0.717) is 0 Å². The predicted octanol–water partition coefficient (Wildman–Crippen LogP) is 10.3. The summed E-state index contributed by atoms with van der Waals surface area (Å²) in [6.07, 6.45) is 27.0. The molecule has 0 spiro atoms. The minimum absolute atomic E-state index is 0.230. The molecule has 0 saturated heterocycles. The molecule has 0 aromatic heterocycles. The van der Waals surface area contributed by atoms with Crippen molar-refractivity contribution in [3.63, 3.8) is 0 Å². The predicted molar refractivity (Wildman–Crippen MR) is 147 cm³/mol. The molecule has 3 rings (SSSR count). The summed E-state index contributed by atoms with van der Waals surface area (Å²) < 4.78 is 0. The van der Waals surface area contributed by atoms with Gasteiger partial charge in [-0.1, -0.05) is 115 Å². The van der Waals surface area contributed by atoms with Gasteiger partial charge in [0.15, 0.2) is 0 Å². The van der Waals surface area contributed by atoms with Gasteiger partial charge in [-0.15, -0.1) is 0 Å². The molecule has 2 saturated carbocycles. The smallest absolute Gasteiger partial charge is 0.0822 e. The van der Waals surface area contributed by atoms with Crippen molar-refractivity contribution in [3.8, 4) is 6.07 Å². The third-order valence-electron chi connectivity index (χ3n) is 9.45. The number of unbranched alkanes of at least 4 members (excludes halogenated alkanes) is 8. The zero-order valence-corrected chi connectivity index (χ0v) is 22.6. The third kappa shape index (κ3) is 8.14. The summed E-state index contributed by atoms with van der Waals surface area (Å²) >= 11 is 0. The Morgan fingerprint density at radius 1 is 0.706 bits per heavy atom. The molecule has 0 bridgehead atoms. The van der Waals surface area contributed by atoms with Crippen molar-refractivity contribution in [1.82, 2.24) is 0 Å². The minimum atomic E-state index is -0.230. The third-order valence-corrected chi connectivity index (χ3v) is 9.45. The van der Waals surface area contributed by atoms with Crippen molar-refractivity contribution in [1.29, 1.82) is 5.26 Å². The fourth-order valence-electron chi connectivity index (χ4n) is 6.98. The van der Waals surface area contributed by atoms with E-state index >= 15 is 0 Å². The van der Waals surface area contributed by atoms with E-state index in [1.165, 1.54) is 127 Å². The summed E-state index contributed by atoms with van der Waals surface area (Å²) in [5, 5.41) is 10.2. The first-order chi connectivity index (χ1) is 16.7. The van der Waals surface area contributed by atoms with Crippen LogP contribution in [0.2, 0.25) is 0 Å². The number of nitriles is 1. The molecule has 0 aliphatic heterocycles. The van der Waals surface area contributed by atoms with Crippen molar-refractivity contribution in [3.05, 3.63) is 35.4 Å². The van der Waals surface area contributed by atoms with Gasteiger partial charge in [0.2, 0.25) is 0 Å². The molecule has 190 valence electrons. The highest BCUT2D eigenvalue weighted by Gasteiger charge is 2.39. The Morgan fingerprint density at radius 3 is 1.85 bits per heavy atom. The fraction of sp³-hybridized carbons (Fsp3) is 0.788. The van der Waals surface area contributed by atoms with Gasteiger partial charge in [0.25, 0.3) is 0 Å². The lowest BCUT2D eigenvalue weighted by molar-refractivity contribution is 0.143. The van der Waals surface area contributed by atoms with E-state index in [9.17, 15) is 5.26 Å². The Balaban J connectivity index is 1.40. The van der Waals surface area contributed by atoms with E-state index in [-0.39, 0.29) is 5.41 Å². The monoisotopic (exact) mass is 463 g/mol. The van der Waals surface area contributed by atoms with Gasteiger partial charge >= 0.3 is 0 Å². The number of benzene rings is 1. The molecule has 0 heterocycles. The number of hydrogen-bond acceptors (Lipinski definition) is 1. The van der Waals surface area contributed by atoms with Gasteiger partial charge in [0.1, 0.15) is 0 Å². The quantitative estimate of drug-likeness (QED) is 0.252. The average Bonchev–Trinajstić information content (AvgIpc) is 2.89. The van der Waals surface area contributed by atoms with Gasteiger partial charge in [-0.2, -0.15) is 5.26 Å². The summed E-state index contributed by atoms with van der Waals surface area (Å²) in [6.45, 7) is 4.58. The van der Waals surface area contributed by atoms with E-state index in [1.54, 1.807) is 0 Å². The Kier molecular flexibility index (Phi) is 12.0. The van der Waals surface area contributed by atoms with Crippen LogP contribution in [-0.2, 0) is 11.8 Å². The Hall–Kier alpha value is -1.29. The Morgan fingerprint density at radius 2 is 1.26 bits per heavy atom. The van der Waals surface area contributed by atoms with Gasteiger partial charge < -0.3 is 0 Å². The molecule has 34 heavy (non-hydrogen) atoms. The summed E-state index contributed by atoms with van der Waals surface area (Å²) in [4.78, 5) is 0. The molecular formula is C33H53N. The average molecular weight is 464 g/mol. The summed E-state index contributed by atoms with van der Waals surface area (Å²) in [5.41, 5.74) is 2.50. The molecule has 2 fully saturated rings. The van der Waals surface area contributed by atoms with Crippen LogP contribution < -0.4 is 0 Å². The van der Waals surface area contributed by atoms with Crippen molar-refractivity contribution in [2.75, 3.05) is 0 Å². The molecule has 2 aliphatic rings. The lowest BCUT2D eigenvalue weighted by atomic mass is 9.62. The molecule has 1 nitrogen and oxygen atoms in total. The van der Waals surface area contributed by atoms with Crippen LogP contribution in [-0.4, -0.2) is 0 Å². The zero-order chi connectivity index (χ0) is 24.1. The first-order valence-corrected chi connectivity index (χ1v) is 15.2. The molecule has 1 aromatic carbocycles. The van der Waals surface area contributed by atoms with Crippen LogP contribution in [0.15, 0.2) is 24.3 Å². The second-order valence-electron chi connectivity index (χ2n) is 11.9. The zero-order valence-electron chi connectivity index (χ0n) is 22.6. The maximum atomic E-state index is 10.2. The number of nitrogens with zero attached hydrogens (tertiary/aromatic N) is 1. The normalized spacial score (nSPS) is 27.4. The lowest BCUT2D eigenvalue weighted by Crippen LogP contribution is -2.33. The minimum Gasteiger partial charge on any atom is -0.197 e. The second kappa shape index (κ2) is 15.0. The number of hydrogen-bond donors (Lipinski definition) is 0. The van der Waals surface area contributed by atoms with Gasteiger partial charge in [-0.3, -0.25) is 0 Å². The van der Waals surface area contributed by atoms with Gasteiger partial charge in [-0.25, -0.2) is 0 Å². The molecule has 0 unspecified atom stereocenters. The first kappa shape index (κ1) is 27.3. The van der Waals surface area contributed by atoms with E-state index in [4.69, 9.17) is 0 Å². The van der Waals surface area contributed by atoms with Crippen LogP contribution in [0.5, 0.6) is 0 Å². The summed E-state index contributed by atoms with van der Waals surface area (Å²) in [6, 6.07) is 12.0. The standard InChI is InChI=1S/C33H53N/c1-3-5-7-9-11-13-28-15-19-30(20-16-28)31-23-25-33(27-34,26-24-31)32-21-17-29(18-22-32)14-12-10-8-6-4-2/h17-18,21-22,28,30-31H,3-16,19-20,23-26H2,1-2H3. The van der Waals surface area contributed by atoms with Crippen LogP contribution in [0.25, 0.3) is 0 Å². The van der Waals surface area contributed by atoms with Crippen molar-refractivity contribution < 1.29 is 0 Å². The van der Waals surface area contributed by atoms with Crippen molar-refractivity contribution in [2.24, 2.45) is 17.8 Å². The van der Waals surface area contributed by atoms with Crippen LogP contribution in [0.3, 0.4) is 0 Å². The van der Waals surface area contributed by atoms with Crippen molar-refractivity contribution >= 4 is 0 Å². The highest BCUT2D eigenvalue weighted by Crippen LogP contribution is 2.47. The van der Waals surface area contributed by atoms with Gasteiger partial charge in [0.05, 0.1) is 11.5 Å². The van der Waals surface area contributed by atoms with E-state index in [0.717, 1.165) is 30.6 Å².